The predicted octanol–water partition coefficient (Wildman–Crippen LogP) is 3.16. The number of nitrogens with one attached hydrogen (secondary N) is 1. The summed E-state index contributed by atoms with van der Waals surface area (Å²) in [6.45, 7) is 0. The highest BCUT2D eigenvalue weighted by atomic mass is 32.1. The molecule has 3 rings (SSSR count). The summed E-state index contributed by atoms with van der Waals surface area (Å²) in [5, 5.41) is 2.13. The van der Waals surface area contributed by atoms with Crippen LogP contribution in [0.15, 0.2) is 30.5 Å². The van der Waals surface area contributed by atoms with Gasteiger partial charge in [-0.1, -0.05) is 23.5 Å². The van der Waals surface area contributed by atoms with Gasteiger partial charge in [0, 0.05) is 31.2 Å². The Labute approximate surface area is 104 Å². The Kier molecular flexibility index (Phi) is 2.37. The van der Waals surface area contributed by atoms with Crippen molar-refractivity contribution in [3.63, 3.8) is 0 Å². The number of nitrogens with zero attached hydrogens (tertiary/aromatic N) is 2. The van der Waals surface area contributed by atoms with Crippen LogP contribution in [-0.4, -0.2) is 24.1 Å². The summed E-state index contributed by atoms with van der Waals surface area (Å²) < 4.78 is 0. The Morgan fingerprint density at radius 3 is 3.00 bits per heavy atom. The second kappa shape index (κ2) is 3.89. The lowest BCUT2D eigenvalue weighted by Crippen LogP contribution is -2.07. The number of benzene rings is 1. The van der Waals surface area contributed by atoms with Gasteiger partial charge in [0.15, 0.2) is 5.13 Å². The number of anilines is 1. The number of hydrogen-bond acceptors (Lipinski definition) is 3. The van der Waals surface area contributed by atoms with Gasteiger partial charge < -0.3 is 9.88 Å². The van der Waals surface area contributed by atoms with Gasteiger partial charge in [0.25, 0.3) is 0 Å². The Morgan fingerprint density at radius 2 is 2.29 bits per heavy atom. The van der Waals surface area contributed by atoms with Gasteiger partial charge in [-0.25, -0.2) is 4.98 Å². The summed E-state index contributed by atoms with van der Waals surface area (Å²) in [5.74, 6) is 0. The topological polar surface area (TPSA) is 31.9 Å². The van der Waals surface area contributed by atoms with Crippen molar-refractivity contribution in [1.82, 2.24) is 9.97 Å². The maximum atomic E-state index is 4.38. The molecule has 0 saturated heterocycles. The zero-order valence-corrected chi connectivity index (χ0v) is 10.5. The van der Waals surface area contributed by atoms with E-state index in [0.717, 1.165) is 26.6 Å². The van der Waals surface area contributed by atoms with Gasteiger partial charge in [0.05, 0.1) is 10.6 Å². The monoisotopic (exact) mass is 242 g/mol. The van der Waals surface area contributed by atoms with Crippen molar-refractivity contribution in [1.29, 1.82) is 0 Å². The first-order valence-corrected chi connectivity index (χ1v) is 6.18. The maximum Gasteiger partial charge on any atom is 0.185 e. The van der Waals surface area contributed by atoms with Crippen LogP contribution in [0.2, 0.25) is 0 Å². The standard InChI is InChI=1S/C13H12N3S/c1-16(2)13-14-8-12(17-13)11-7-9-5-3-4-6-10(9)15-11/h3-4,6-8,15H,1-2H3. The molecule has 0 atom stereocenters. The number of fused-ring (bicyclic) bond motifs is 1. The largest absolute Gasteiger partial charge is 0.354 e. The molecule has 0 saturated carbocycles. The molecule has 17 heavy (non-hydrogen) atoms. The van der Waals surface area contributed by atoms with Crippen LogP contribution in [0.4, 0.5) is 5.13 Å². The van der Waals surface area contributed by atoms with E-state index in [0.29, 0.717) is 0 Å². The molecule has 0 fully saturated rings. The van der Waals surface area contributed by atoms with Crippen LogP contribution in [0.3, 0.4) is 0 Å². The van der Waals surface area contributed by atoms with Crippen molar-refractivity contribution < 1.29 is 0 Å². The van der Waals surface area contributed by atoms with Gasteiger partial charge in [-0.05, 0) is 18.2 Å². The molecule has 1 N–H and O–H groups in total. The molecule has 1 radical (unpaired) electrons. The van der Waals surface area contributed by atoms with E-state index in [1.54, 1.807) is 11.3 Å². The highest BCUT2D eigenvalue weighted by Crippen LogP contribution is 2.31. The average molecular weight is 242 g/mol. The van der Waals surface area contributed by atoms with Crippen LogP contribution >= 0.6 is 11.3 Å². The van der Waals surface area contributed by atoms with E-state index < -0.39 is 0 Å². The van der Waals surface area contributed by atoms with E-state index in [1.807, 2.05) is 37.3 Å². The first-order chi connectivity index (χ1) is 8.24. The van der Waals surface area contributed by atoms with E-state index in [4.69, 9.17) is 0 Å². The number of aromatic amines is 1. The smallest absolute Gasteiger partial charge is 0.185 e. The fraction of sp³-hybridized carbons (Fsp3) is 0.154. The summed E-state index contributed by atoms with van der Waals surface area (Å²) in [7, 11) is 4.00. The fourth-order valence-corrected chi connectivity index (χ4v) is 2.54. The van der Waals surface area contributed by atoms with E-state index in [-0.39, 0.29) is 0 Å². The van der Waals surface area contributed by atoms with Crippen LogP contribution < -0.4 is 4.90 Å². The SMILES string of the molecule is CN(C)c1ncc(-c2cc3[c]cccc3[nH]2)s1. The second-order valence-electron chi connectivity index (χ2n) is 4.08. The number of H-pyrrole nitrogens is 1. The molecule has 0 unspecified atom stereocenters. The summed E-state index contributed by atoms with van der Waals surface area (Å²) >= 11 is 1.68. The van der Waals surface area contributed by atoms with Crippen molar-refractivity contribution in [2.24, 2.45) is 0 Å². The normalized spacial score (nSPS) is 10.9. The molecule has 85 valence electrons. The molecule has 3 aromatic rings. The Balaban J connectivity index is 2.07. The van der Waals surface area contributed by atoms with Gasteiger partial charge in [-0.2, -0.15) is 0 Å². The zero-order chi connectivity index (χ0) is 11.8. The molecule has 2 heterocycles. The Bertz CT molecular complexity index is 618. The van der Waals surface area contributed by atoms with Gasteiger partial charge >= 0.3 is 0 Å². The van der Waals surface area contributed by atoms with E-state index in [9.17, 15) is 0 Å². The van der Waals surface area contributed by atoms with Crippen molar-refractivity contribution >= 4 is 27.4 Å². The summed E-state index contributed by atoms with van der Waals surface area (Å²) in [5.41, 5.74) is 2.22. The number of aromatic nitrogens is 2. The molecule has 0 bridgehead atoms. The van der Waals surface area contributed by atoms with Crippen LogP contribution in [0.5, 0.6) is 0 Å². The summed E-state index contributed by atoms with van der Waals surface area (Å²) in [6.07, 6.45) is 1.91. The van der Waals surface area contributed by atoms with Gasteiger partial charge in [-0.3, -0.25) is 0 Å². The Hall–Kier alpha value is -1.81. The fourth-order valence-electron chi connectivity index (χ4n) is 1.73. The highest BCUT2D eigenvalue weighted by molar-refractivity contribution is 7.18. The predicted molar refractivity (Wildman–Crippen MR) is 72.6 cm³/mol. The third-order valence-corrected chi connectivity index (χ3v) is 3.79. The number of hydrogen-bond donors (Lipinski definition) is 1. The van der Waals surface area contributed by atoms with Crippen LogP contribution in [0.25, 0.3) is 21.5 Å². The lowest BCUT2D eigenvalue weighted by atomic mass is 10.2. The minimum absolute atomic E-state index is 1.02. The molecular weight excluding hydrogens is 230 g/mol. The summed E-state index contributed by atoms with van der Waals surface area (Å²) in [6, 6.07) is 11.3. The highest BCUT2D eigenvalue weighted by Gasteiger charge is 2.08. The Morgan fingerprint density at radius 1 is 1.41 bits per heavy atom. The molecule has 0 aliphatic carbocycles. The molecular formula is C13H12N3S. The first kappa shape index (κ1) is 10.4. The minimum Gasteiger partial charge on any atom is -0.354 e. The third kappa shape index (κ3) is 1.80. The molecule has 1 aromatic carbocycles. The van der Waals surface area contributed by atoms with Gasteiger partial charge in [-0.15, -0.1) is 0 Å². The van der Waals surface area contributed by atoms with Crippen molar-refractivity contribution in [3.8, 4) is 10.6 Å². The molecule has 4 heteroatoms. The number of thiazole rings is 1. The van der Waals surface area contributed by atoms with Crippen molar-refractivity contribution in [2.45, 2.75) is 0 Å². The molecule has 0 aliphatic rings. The van der Waals surface area contributed by atoms with E-state index >= 15 is 0 Å². The average Bonchev–Trinajstić information content (AvgIpc) is 2.95. The molecule has 3 nitrogen and oxygen atoms in total. The van der Waals surface area contributed by atoms with Crippen LogP contribution in [-0.2, 0) is 0 Å². The zero-order valence-electron chi connectivity index (χ0n) is 9.69. The second-order valence-corrected chi connectivity index (χ2v) is 5.09. The summed E-state index contributed by atoms with van der Waals surface area (Å²) in [4.78, 5) is 10.9. The van der Waals surface area contributed by atoms with Crippen LogP contribution in [0.1, 0.15) is 0 Å². The maximum absolute atomic E-state index is 4.38. The lowest BCUT2D eigenvalue weighted by molar-refractivity contribution is 1.10. The van der Waals surface area contributed by atoms with Crippen molar-refractivity contribution in [2.75, 3.05) is 19.0 Å². The molecule has 0 amide bonds. The number of rotatable bonds is 2. The van der Waals surface area contributed by atoms with Crippen molar-refractivity contribution in [3.05, 3.63) is 36.5 Å². The van der Waals surface area contributed by atoms with E-state index in [1.165, 1.54) is 0 Å². The quantitative estimate of drug-likeness (QED) is 0.748. The minimum atomic E-state index is 1.02. The van der Waals surface area contributed by atoms with Gasteiger partial charge in [0.1, 0.15) is 0 Å². The third-order valence-electron chi connectivity index (χ3n) is 2.59. The molecule has 2 aromatic heterocycles. The molecule has 0 spiro atoms. The lowest BCUT2D eigenvalue weighted by Gasteiger charge is -2.04. The van der Waals surface area contributed by atoms with Crippen LogP contribution in [0, 0.1) is 6.07 Å². The van der Waals surface area contributed by atoms with E-state index in [2.05, 4.69) is 28.2 Å². The van der Waals surface area contributed by atoms with Gasteiger partial charge in [0.2, 0.25) is 0 Å². The molecule has 0 aliphatic heterocycles. The first-order valence-electron chi connectivity index (χ1n) is 5.37.